The number of nitrogens with zero attached hydrogens (tertiary/aromatic N) is 1. The van der Waals surface area contributed by atoms with Crippen molar-refractivity contribution < 1.29 is 8.85 Å². The summed E-state index contributed by atoms with van der Waals surface area (Å²) in [6.07, 6.45) is 8.41. The van der Waals surface area contributed by atoms with Crippen molar-refractivity contribution in [1.82, 2.24) is 4.57 Å². The second kappa shape index (κ2) is 10.3. The molecule has 0 aromatic carbocycles. The van der Waals surface area contributed by atoms with E-state index in [0.717, 1.165) is 12.1 Å². The standard InChI is InChI=1S/C18H41NO2Si2/c1-7-23(8-2,9-3)19(18-14-11-10-12-15-18)16-13-17-22(6,20-4)21-5/h18H,7-17H2,1-6H3. The van der Waals surface area contributed by atoms with Crippen LogP contribution in [-0.2, 0) is 8.85 Å². The van der Waals surface area contributed by atoms with Crippen LogP contribution in [0.1, 0.15) is 59.3 Å². The third kappa shape index (κ3) is 5.67. The van der Waals surface area contributed by atoms with Crippen LogP contribution in [0, 0.1) is 0 Å². The second-order valence-corrected chi connectivity index (χ2v) is 16.1. The highest BCUT2D eigenvalue weighted by Gasteiger charge is 2.39. The molecule has 3 nitrogen and oxygen atoms in total. The molecular formula is C18H41NO2Si2. The molecule has 0 aliphatic heterocycles. The Balaban J connectivity index is 2.78. The van der Waals surface area contributed by atoms with Crippen LogP contribution in [0.5, 0.6) is 0 Å². The summed E-state index contributed by atoms with van der Waals surface area (Å²) in [5, 5.41) is 0. The molecule has 1 rings (SSSR count). The quantitative estimate of drug-likeness (QED) is 0.462. The van der Waals surface area contributed by atoms with Crippen molar-refractivity contribution in [3.05, 3.63) is 0 Å². The van der Waals surface area contributed by atoms with Gasteiger partial charge in [-0.1, -0.05) is 40.0 Å². The zero-order valence-electron chi connectivity index (χ0n) is 16.6. The molecule has 0 heterocycles. The lowest BCUT2D eigenvalue weighted by atomic mass is 9.95. The van der Waals surface area contributed by atoms with E-state index in [1.165, 1.54) is 63.2 Å². The van der Waals surface area contributed by atoms with Gasteiger partial charge in [0.15, 0.2) is 0 Å². The average molecular weight is 360 g/mol. The van der Waals surface area contributed by atoms with Crippen LogP contribution >= 0.6 is 0 Å². The van der Waals surface area contributed by atoms with Gasteiger partial charge >= 0.3 is 8.56 Å². The van der Waals surface area contributed by atoms with E-state index in [1.54, 1.807) is 0 Å². The fraction of sp³-hybridized carbons (Fsp3) is 1.00. The van der Waals surface area contributed by atoms with E-state index < -0.39 is 16.8 Å². The Labute approximate surface area is 147 Å². The van der Waals surface area contributed by atoms with Crippen molar-refractivity contribution >= 4 is 16.8 Å². The molecule has 0 bridgehead atoms. The minimum absolute atomic E-state index is 0.855. The lowest BCUT2D eigenvalue weighted by Crippen LogP contribution is -2.57. The molecule has 0 radical (unpaired) electrons. The van der Waals surface area contributed by atoms with Crippen LogP contribution in [0.4, 0.5) is 0 Å². The average Bonchev–Trinajstić information content (AvgIpc) is 2.62. The van der Waals surface area contributed by atoms with Gasteiger partial charge in [0, 0.05) is 20.3 Å². The molecule has 0 aromatic rings. The van der Waals surface area contributed by atoms with Gasteiger partial charge in [-0.05, 0) is 56.5 Å². The van der Waals surface area contributed by atoms with Gasteiger partial charge in [0.05, 0.1) is 0 Å². The smallest absolute Gasteiger partial charge is 0.334 e. The first-order valence-corrected chi connectivity index (χ1v) is 15.0. The van der Waals surface area contributed by atoms with Gasteiger partial charge in [-0.3, -0.25) is 0 Å². The molecule has 0 amide bonds. The summed E-state index contributed by atoms with van der Waals surface area (Å²) in [5.74, 6) is 0. The van der Waals surface area contributed by atoms with E-state index in [4.69, 9.17) is 8.85 Å². The Morgan fingerprint density at radius 2 is 1.43 bits per heavy atom. The normalized spacial score (nSPS) is 17.9. The summed E-state index contributed by atoms with van der Waals surface area (Å²) in [6, 6.07) is 6.18. The van der Waals surface area contributed by atoms with Gasteiger partial charge in [-0.15, -0.1) is 0 Å². The monoisotopic (exact) mass is 359 g/mol. The molecule has 0 aromatic heterocycles. The first-order chi connectivity index (χ1) is 11.0. The molecule has 1 saturated carbocycles. The maximum Gasteiger partial charge on any atom is 0.334 e. The van der Waals surface area contributed by atoms with E-state index in [0.29, 0.717) is 0 Å². The van der Waals surface area contributed by atoms with Gasteiger partial charge in [0.1, 0.15) is 8.24 Å². The van der Waals surface area contributed by atoms with Crippen molar-refractivity contribution in [2.45, 2.75) is 96.1 Å². The van der Waals surface area contributed by atoms with Gasteiger partial charge < -0.3 is 13.4 Å². The zero-order valence-corrected chi connectivity index (χ0v) is 18.6. The molecule has 0 N–H and O–H groups in total. The Hall–Kier alpha value is 0.314. The first-order valence-electron chi connectivity index (χ1n) is 9.87. The highest BCUT2D eigenvalue weighted by molar-refractivity contribution is 6.77. The van der Waals surface area contributed by atoms with E-state index in [-0.39, 0.29) is 0 Å². The van der Waals surface area contributed by atoms with Crippen LogP contribution in [0.15, 0.2) is 0 Å². The first kappa shape index (κ1) is 21.4. The molecule has 23 heavy (non-hydrogen) atoms. The molecule has 5 heteroatoms. The minimum atomic E-state index is -1.91. The van der Waals surface area contributed by atoms with Crippen molar-refractivity contribution in [1.29, 1.82) is 0 Å². The molecule has 0 unspecified atom stereocenters. The summed E-state index contributed by atoms with van der Waals surface area (Å²) in [6.45, 7) is 10.8. The van der Waals surface area contributed by atoms with Gasteiger partial charge in [0.2, 0.25) is 0 Å². The van der Waals surface area contributed by atoms with Crippen LogP contribution in [0.25, 0.3) is 0 Å². The van der Waals surface area contributed by atoms with Gasteiger partial charge in [-0.25, -0.2) is 0 Å². The largest absolute Gasteiger partial charge is 0.398 e. The third-order valence-corrected chi connectivity index (χ3v) is 15.2. The highest BCUT2D eigenvalue weighted by atomic mass is 28.4. The summed E-state index contributed by atoms with van der Waals surface area (Å²) >= 11 is 0. The topological polar surface area (TPSA) is 21.7 Å². The molecule has 0 atom stereocenters. The van der Waals surface area contributed by atoms with Crippen LogP contribution in [-0.4, -0.2) is 48.2 Å². The van der Waals surface area contributed by atoms with Crippen LogP contribution in [0.2, 0.25) is 30.7 Å². The molecule has 1 fully saturated rings. The number of hydrogen-bond acceptors (Lipinski definition) is 3. The maximum absolute atomic E-state index is 5.69. The predicted molar refractivity (Wildman–Crippen MR) is 106 cm³/mol. The lowest BCUT2D eigenvalue weighted by Gasteiger charge is -2.47. The molecule has 1 aliphatic rings. The van der Waals surface area contributed by atoms with Crippen molar-refractivity contribution in [2.75, 3.05) is 20.8 Å². The second-order valence-electron chi connectivity index (χ2n) is 7.42. The molecular weight excluding hydrogens is 318 g/mol. The number of rotatable bonds is 11. The number of hydrogen-bond donors (Lipinski definition) is 0. The van der Waals surface area contributed by atoms with Crippen LogP contribution < -0.4 is 0 Å². The summed E-state index contributed by atoms with van der Waals surface area (Å²) in [5.41, 5.74) is 0. The Morgan fingerprint density at radius 3 is 1.87 bits per heavy atom. The minimum Gasteiger partial charge on any atom is -0.398 e. The molecule has 1 aliphatic carbocycles. The van der Waals surface area contributed by atoms with E-state index >= 15 is 0 Å². The fourth-order valence-corrected chi connectivity index (χ4v) is 10.2. The Kier molecular flexibility index (Phi) is 9.60. The maximum atomic E-state index is 5.69. The summed E-state index contributed by atoms with van der Waals surface area (Å²) in [4.78, 5) is 0. The predicted octanol–water partition coefficient (Wildman–Crippen LogP) is 5.38. The van der Waals surface area contributed by atoms with E-state index in [2.05, 4.69) is 31.9 Å². The Bertz CT molecular complexity index is 306. The van der Waals surface area contributed by atoms with Crippen molar-refractivity contribution in [3.63, 3.8) is 0 Å². The van der Waals surface area contributed by atoms with Crippen molar-refractivity contribution in [3.8, 4) is 0 Å². The van der Waals surface area contributed by atoms with Crippen molar-refractivity contribution in [2.24, 2.45) is 0 Å². The molecule has 0 spiro atoms. The van der Waals surface area contributed by atoms with Gasteiger partial charge in [0.25, 0.3) is 0 Å². The lowest BCUT2D eigenvalue weighted by molar-refractivity contribution is 0.228. The van der Waals surface area contributed by atoms with Crippen LogP contribution in [0.3, 0.4) is 0 Å². The Morgan fingerprint density at radius 1 is 0.913 bits per heavy atom. The molecule has 138 valence electrons. The molecule has 0 saturated heterocycles. The SMILES string of the molecule is CC[Si](CC)(CC)N(CCC[Si](C)(OC)OC)C1CCCCC1. The van der Waals surface area contributed by atoms with E-state index in [9.17, 15) is 0 Å². The zero-order chi connectivity index (χ0) is 17.3. The van der Waals surface area contributed by atoms with E-state index in [1.807, 2.05) is 14.2 Å². The summed E-state index contributed by atoms with van der Waals surface area (Å²) < 4.78 is 14.4. The summed E-state index contributed by atoms with van der Waals surface area (Å²) in [7, 11) is 0.436. The fourth-order valence-electron chi connectivity index (χ4n) is 4.42. The van der Waals surface area contributed by atoms with Gasteiger partial charge in [-0.2, -0.15) is 0 Å². The third-order valence-electron chi connectivity index (χ3n) is 6.49. The highest BCUT2D eigenvalue weighted by Crippen LogP contribution is 2.33.